The minimum atomic E-state index is -0.553. The molecule has 3 aromatic rings. The summed E-state index contributed by atoms with van der Waals surface area (Å²) in [6.07, 6.45) is 0. The van der Waals surface area contributed by atoms with Gasteiger partial charge in [0.2, 0.25) is 5.88 Å². The Morgan fingerprint density at radius 2 is 1.86 bits per heavy atom. The first kappa shape index (κ1) is 20.5. The van der Waals surface area contributed by atoms with E-state index >= 15 is 0 Å². The van der Waals surface area contributed by atoms with E-state index in [2.05, 4.69) is 67.8 Å². The quantitative estimate of drug-likeness (QED) is 0.400. The summed E-state index contributed by atoms with van der Waals surface area (Å²) in [7, 11) is 0. The summed E-state index contributed by atoms with van der Waals surface area (Å²) < 4.78 is 7.03. The molecule has 28 heavy (non-hydrogen) atoms. The minimum absolute atomic E-state index is 0.0495. The van der Waals surface area contributed by atoms with Gasteiger partial charge in [-0.1, -0.05) is 48.8 Å². The average Bonchev–Trinajstić information content (AvgIpc) is 2.93. The van der Waals surface area contributed by atoms with Crippen LogP contribution in [0.4, 0.5) is 5.69 Å². The van der Waals surface area contributed by atoms with Crippen molar-refractivity contribution in [2.45, 2.75) is 26.2 Å². The topological polar surface area (TPSA) is 87.0 Å². The molecule has 146 valence electrons. The number of hydrogen-bond acceptors (Lipinski definition) is 4. The highest BCUT2D eigenvalue weighted by Gasteiger charge is 2.15. The van der Waals surface area contributed by atoms with E-state index in [1.54, 1.807) is 6.07 Å². The number of ether oxygens (including phenoxy) is 1. The molecule has 0 radical (unpaired) electrons. The molecule has 2 aromatic carbocycles. The van der Waals surface area contributed by atoms with Gasteiger partial charge in [0, 0.05) is 14.3 Å². The van der Waals surface area contributed by atoms with E-state index in [1.165, 1.54) is 5.56 Å². The second-order valence-electron chi connectivity index (χ2n) is 7.29. The zero-order chi connectivity index (χ0) is 20.5. The van der Waals surface area contributed by atoms with E-state index in [0.717, 1.165) is 8.95 Å². The van der Waals surface area contributed by atoms with E-state index in [1.807, 2.05) is 30.3 Å². The third-order valence-corrected chi connectivity index (χ3v) is 5.21. The van der Waals surface area contributed by atoms with Crippen LogP contribution in [-0.2, 0) is 10.2 Å². The van der Waals surface area contributed by atoms with Crippen molar-refractivity contribution in [2.75, 3.05) is 6.61 Å². The second kappa shape index (κ2) is 8.05. The number of carbonyl (C=O) groups is 1. The number of aromatic hydroxyl groups is 1. The molecule has 1 heterocycles. The Morgan fingerprint density at radius 3 is 2.50 bits per heavy atom. The number of rotatable bonds is 4. The first-order chi connectivity index (χ1) is 13.1. The summed E-state index contributed by atoms with van der Waals surface area (Å²) in [5.41, 5.74) is 2.09. The minimum Gasteiger partial charge on any atom is -0.493 e. The van der Waals surface area contributed by atoms with Crippen molar-refractivity contribution in [3.63, 3.8) is 0 Å². The molecule has 0 saturated heterocycles. The van der Waals surface area contributed by atoms with Crippen molar-refractivity contribution in [3.05, 3.63) is 50.9 Å². The van der Waals surface area contributed by atoms with Crippen molar-refractivity contribution in [1.82, 2.24) is 4.98 Å². The van der Waals surface area contributed by atoms with Crippen LogP contribution in [0.3, 0.4) is 0 Å². The van der Waals surface area contributed by atoms with Crippen LogP contribution >= 0.6 is 31.9 Å². The first-order valence-corrected chi connectivity index (χ1v) is 10.1. The van der Waals surface area contributed by atoms with Gasteiger partial charge in [-0.25, -0.2) is 0 Å². The van der Waals surface area contributed by atoms with Crippen LogP contribution in [0.2, 0.25) is 0 Å². The van der Waals surface area contributed by atoms with Gasteiger partial charge in [0.1, 0.15) is 5.75 Å². The summed E-state index contributed by atoms with van der Waals surface area (Å²) in [4.78, 5) is 14.8. The largest absolute Gasteiger partial charge is 0.493 e. The number of nitrogens with zero attached hydrogens (tertiary/aromatic N) is 2. The smallest absolute Gasteiger partial charge is 0.302 e. The van der Waals surface area contributed by atoms with E-state index < -0.39 is 5.91 Å². The number of nitrogens with one attached hydrogen (secondary N) is 1. The molecule has 0 spiro atoms. The molecule has 0 fully saturated rings. The number of H-pyrrole nitrogens is 1. The molecule has 0 unspecified atom stereocenters. The fraction of sp³-hybridized carbons (Fsp3) is 0.250. The predicted octanol–water partition coefficient (Wildman–Crippen LogP) is 6.39. The van der Waals surface area contributed by atoms with Gasteiger partial charge in [-0.2, -0.15) is 0 Å². The number of amides is 1. The van der Waals surface area contributed by atoms with Gasteiger partial charge >= 0.3 is 5.91 Å². The maximum atomic E-state index is 12.0. The fourth-order valence-electron chi connectivity index (χ4n) is 2.62. The maximum Gasteiger partial charge on any atom is 0.302 e. The molecule has 0 aliphatic carbocycles. The molecule has 0 aliphatic rings. The Bertz CT molecular complexity index is 1050. The highest BCUT2D eigenvalue weighted by Crippen LogP contribution is 2.40. The molecule has 0 aliphatic heterocycles. The standard InChI is InChI=1S/C20H19Br2N3O3/c1-20(2,3)11-4-6-13(7-5-11)28-10-16(26)24-25-18-14-8-12(21)9-15(22)17(14)23-19(18)27/h4-9,23,27H,10H2,1-3H3. The lowest BCUT2D eigenvalue weighted by Gasteiger charge is -2.19. The normalized spacial score (nSPS) is 12.0. The van der Waals surface area contributed by atoms with Gasteiger partial charge in [0.25, 0.3) is 0 Å². The Balaban J connectivity index is 1.69. The van der Waals surface area contributed by atoms with Crippen LogP contribution in [0, 0.1) is 0 Å². The molecule has 6 nitrogen and oxygen atoms in total. The molecular weight excluding hydrogens is 490 g/mol. The Morgan fingerprint density at radius 1 is 1.18 bits per heavy atom. The monoisotopic (exact) mass is 507 g/mol. The average molecular weight is 509 g/mol. The second-order valence-corrected chi connectivity index (χ2v) is 9.06. The number of azo groups is 1. The summed E-state index contributed by atoms with van der Waals surface area (Å²) >= 11 is 6.80. The van der Waals surface area contributed by atoms with E-state index in [0.29, 0.717) is 16.7 Å². The summed E-state index contributed by atoms with van der Waals surface area (Å²) in [5.74, 6) is -0.133. The van der Waals surface area contributed by atoms with Crippen LogP contribution in [0.1, 0.15) is 26.3 Å². The molecule has 0 atom stereocenters. The number of carbonyl (C=O) groups excluding carboxylic acids is 1. The molecule has 1 amide bonds. The van der Waals surface area contributed by atoms with Gasteiger partial charge in [-0.3, -0.25) is 4.79 Å². The Hall–Kier alpha value is -2.19. The molecule has 2 N–H and O–H groups in total. The third-order valence-electron chi connectivity index (χ3n) is 4.12. The zero-order valence-electron chi connectivity index (χ0n) is 15.6. The molecule has 3 rings (SSSR count). The summed E-state index contributed by atoms with van der Waals surface area (Å²) in [5, 5.41) is 18.3. The van der Waals surface area contributed by atoms with Crippen LogP contribution in [-0.4, -0.2) is 22.6 Å². The number of aromatic nitrogens is 1. The molecule has 0 bridgehead atoms. The van der Waals surface area contributed by atoms with Crippen LogP contribution in [0.5, 0.6) is 11.6 Å². The predicted molar refractivity (Wildman–Crippen MR) is 116 cm³/mol. The van der Waals surface area contributed by atoms with Gasteiger partial charge in [0.05, 0.1) is 5.52 Å². The lowest BCUT2D eigenvalue weighted by molar-refractivity contribution is -0.120. The van der Waals surface area contributed by atoms with Gasteiger partial charge < -0.3 is 14.8 Å². The SMILES string of the molecule is CC(C)(C)c1ccc(OCC(=O)N=Nc2c(O)[nH]c3c(Br)cc(Br)cc23)cc1. The lowest BCUT2D eigenvalue weighted by atomic mass is 9.87. The maximum absolute atomic E-state index is 12.0. The summed E-state index contributed by atoms with van der Waals surface area (Å²) in [6, 6.07) is 11.2. The highest BCUT2D eigenvalue weighted by atomic mass is 79.9. The van der Waals surface area contributed by atoms with E-state index in [9.17, 15) is 9.90 Å². The molecule has 8 heteroatoms. The fourth-order valence-corrected chi connectivity index (χ4v) is 3.95. The number of benzene rings is 2. The van der Waals surface area contributed by atoms with Gasteiger partial charge in [-0.15, -0.1) is 10.2 Å². The van der Waals surface area contributed by atoms with Crippen LogP contribution < -0.4 is 4.74 Å². The van der Waals surface area contributed by atoms with Crippen molar-refractivity contribution in [1.29, 1.82) is 0 Å². The Kier molecular flexibility index (Phi) is 5.90. The third kappa shape index (κ3) is 4.62. The van der Waals surface area contributed by atoms with Crippen LogP contribution in [0.15, 0.2) is 55.6 Å². The molecular formula is C20H19Br2N3O3. The Labute approximate surface area is 179 Å². The van der Waals surface area contributed by atoms with E-state index in [4.69, 9.17) is 4.74 Å². The number of halogens is 2. The molecule has 0 saturated carbocycles. The zero-order valence-corrected chi connectivity index (χ0v) is 18.8. The van der Waals surface area contributed by atoms with Gasteiger partial charge in [0.15, 0.2) is 12.3 Å². The lowest BCUT2D eigenvalue weighted by Crippen LogP contribution is -2.11. The summed E-state index contributed by atoms with van der Waals surface area (Å²) in [6.45, 7) is 6.15. The van der Waals surface area contributed by atoms with Crippen molar-refractivity contribution >= 4 is 54.4 Å². The highest BCUT2D eigenvalue weighted by molar-refractivity contribution is 9.11. The van der Waals surface area contributed by atoms with Crippen LogP contribution in [0.25, 0.3) is 10.9 Å². The van der Waals surface area contributed by atoms with E-state index in [-0.39, 0.29) is 23.6 Å². The number of aromatic amines is 1. The first-order valence-electron chi connectivity index (χ1n) is 8.53. The van der Waals surface area contributed by atoms with Crippen molar-refractivity contribution in [3.8, 4) is 11.6 Å². The number of hydrogen-bond donors (Lipinski definition) is 2. The van der Waals surface area contributed by atoms with Crippen molar-refractivity contribution in [2.24, 2.45) is 10.2 Å². The van der Waals surface area contributed by atoms with Crippen molar-refractivity contribution < 1.29 is 14.6 Å². The van der Waals surface area contributed by atoms with Gasteiger partial charge in [-0.05, 0) is 51.2 Å². The number of fused-ring (bicyclic) bond motifs is 1. The molecule has 1 aromatic heterocycles.